The first-order valence-electron chi connectivity index (χ1n) is 8.43. The summed E-state index contributed by atoms with van der Waals surface area (Å²) < 4.78 is 0. The number of piperazine rings is 1. The van der Waals surface area contributed by atoms with E-state index in [1.54, 1.807) is 0 Å². The summed E-state index contributed by atoms with van der Waals surface area (Å²) in [5.74, 6) is 1.02. The standard InChI is InChI=1S/C18H29N3/c1-15-3-7-17(8-4-15)18(19-2)14-21-11-9-20(10-12-21)13-16-5-6-16/h3-4,7-8,16,18-19H,5-6,9-14H2,1-2H3. The summed E-state index contributed by atoms with van der Waals surface area (Å²) in [6.45, 7) is 9.56. The first kappa shape index (κ1) is 15.0. The van der Waals surface area contributed by atoms with Gasteiger partial charge in [-0.05, 0) is 38.3 Å². The Bertz CT molecular complexity index is 430. The molecule has 1 aromatic rings. The van der Waals surface area contributed by atoms with Crippen LogP contribution in [0.3, 0.4) is 0 Å². The predicted molar refractivity (Wildman–Crippen MR) is 88.6 cm³/mol. The van der Waals surface area contributed by atoms with Gasteiger partial charge >= 0.3 is 0 Å². The Kier molecular flexibility index (Phi) is 4.94. The van der Waals surface area contributed by atoms with Crippen molar-refractivity contribution in [2.75, 3.05) is 46.3 Å². The van der Waals surface area contributed by atoms with E-state index in [1.807, 2.05) is 0 Å². The quantitative estimate of drug-likeness (QED) is 0.866. The number of nitrogens with zero attached hydrogens (tertiary/aromatic N) is 2. The van der Waals surface area contributed by atoms with E-state index in [2.05, 4.69) is 53.4 Å². The normalized spacial score (nSPS) is 22.4. The van der Waals surface area contributed by atoms with E-state index in [-0.39, 0.29) is 0 Å². The van der Waals surface area contributed by atoms with Gasteiger partial charge in [-0.1, -0.05) is 29.8 Å². The van der Waals surface area contributed by atoms with Gasteiger partial charge in [0, 0.05) is 45.3 Å². The van der Waals surface area contributed by atoms with Gasteiger partial charge in [0.25, 0.3) is 0 Å². The summed E-state index contributed by atoms with van der Waals surface area (Å²) >= 11 is 0. The largest absolute Gasteiger partial charge is 0.312 e. The lowest BCUT2D eigenvalue weighted by Gasteiger charge is -2.36. The molecule has 0 radical (unpaired) electrons. The number of hydrogen-bond acceptors (Lipinski definition) is 3. The molecule has 3 nitrogen and oxygen atoms in total. The van der Waals surface area contributed by atoms with Gasteiger partial charge in [-0.3, -0.25) is 4.90 Å². The van der Waals surface area contributed by atoms with Crippen molar-refractivity contribution in [1.29, 1.82) is 0 Å². The second-order valence-corrected chi connectivity index (χ2v) is 6.80. The maximum Gasteiger partial charge on any atom is 0.0446 e. The highest BCUT2D eigenvalue weighted by molar-refractivity contribution is 5.24. The molecule has 1 saturated carbocycles. The zero-order valence-corrected chi connectivity index (χ0v) is 13.5. The molecule has 1 aliphatic carbocycles. The predicted octanol–water partition coefficient (Wildman–Crippen LogP) is 2.28. The van der Waals surface area contributed by atoms with E-state index >= 15 is 0 Å². The van der Waals surface area contributed by atoms with Crippen molar-refractivity contribution in [2.45, 2.75) is 25.8 Å². The van der Waals surface area contributed by atoms with Crippen LogP contribution >= 0.6 is 0 Å². The van der Waals surface area contributed by atoms with Crippen LogP contribution in [0.25, 0.3) is 0 Å². The lowest BCUT2D eigenvalue weighted by molar-refractivity contribution is 0.120. The third kappa shape index (κ3) is 4.29. The first-order valence-corrected chi connectivity index (χ1v) is 8.43. The highest BCUT2D eigenvalue weighted by atomic mass is 15.3. The molecule has 1 atom stereocenters. The summed E-state index contributed by atoms with van der Waals surface area (Å²) in [6, 6.07) is 9.40. The molecule has 3 heteroatoms. The first-order chi connectivity index (χ1) is 10.2. The maximum atomic E-state index is 3.48. The summed E-state index contributed by atoms with van der Waals surface area (Å²) in [7, 11) is 2.08. The Balaban J connectivity index is 1.49. The average Bonchev–Trinajstić information content (AvgIpc) is 3.31. The smallest absolute Gasteiger partial charge is 0.0446 e. The van der Waals surface area contributed by atoms with Crippen molar-refractivity contribution < 1.29 is 0 Å². The molecule has 1 saturated heterocycles. The molecule has 3 rings (SSSR count). The highest BCUT2D eigenvalue weighted by Crippen LogP contribution is 2.30. The lowest BCUT2D eigenvalue weighted by Crippen LogP contribution is -2.48. The third-order valence-corrected chi connectivity index (χ3v) is 4.95. The SMILES string of the molecule is CNC(CN1CCN(CC2CC2)CC1)c1ccc(C)cc1. The summed E-state index contributed by atoms with van der Waals surface area (Å²) in [4.78, 5) is 5.28. The van der Waals surface area contributed by atoms with Crippen LogP contribution in [-0.2, 0) is 0 Å². The Hall–Kier alpha value is -0.900. The molecule has 1 heterocycles. The van der Waals surface area contributed by atoms with Crippen LogP contribution in [0.15, 0.2) is 24.3 Å². The molecule has 0 amide bonds. The molecule has 1 aromatic carbocycles. The van der Waals surface area contributed by atoms with Crippen molar-refractivity contribution in [3.05, 3.63) is 35.4 Å². The molecule has 1 unspecified atom stereocenters. The van der Waals surface area contributed by atoms with Crippen molar-refractivity contribution >= 4 is 0 Å². The minimum Gasteiger partial charge on any atom is -0.312 e. The van der Waals surface area contributed by atoms with Gasteiger partial charge < -0.3 is 10.2 Å². The topological polar surface area (TPSA) is 18.5 Å². The fourth-order valence-corrected chi connectivity index (χ4v) is 3.24. The Labute approximate surface area is 129 Å². The molecule has 0 bridgehead atoms. The summed E-state index contributed by atoms with van der Waals surface area (Å²) in [6.07, 6.45) is 2.94. The molecule has 2 fully saturated rings. The van der Waals surface area contributed by atoms with E-state index in [0.29, 0.717) is 6.04 Å². The van der Waals surface area contributed by atoms with Gasteiger partial charge in [0.05, 0.1) is 0 Å². The van der Waals surface area contributed by atoms with E-state index in [9.17, 15) is 0 Å². The zero-order valence-electron chi connectivity index (χ0n) is 13.5. The average molecular weight is 287 g/mol. The summed E-state index contributed by atoms with van der Waals surface area (Å²) in [5.41, 5.74) is 2.74. The minimum absolute atomic E-state index is 0.445. The van der Waals surface area contributed by atoms with Crippen LogP contribution < -0.4 is 5.32 Å². The van der Waals surface area contributed by atoms with E-state index in [0.717, 1.165) is 12.5 Å². The van der Waals surface area contributed by atoms with Crippen molar-refractivity contribution in [3.8, 4) is 0 Å². The molecular formula is C18H29N3. The van der Waals surface area contributed by atoms with Crippen LogP contribution in [0, 0.1) is 12.8 Å². The number of rotatable bonds is 6. The second kappa shape index (κ2) is 6.91. The van der Waals surface area contributed by atoms with Gasteiger partial charge in [0.2, 0.25) is 0 Å². The van der Waals surface area contributed by atoms with Gasteiger partial charge in [0.15, 0.2) is 0 Å². The van der Waals surface area contributed by atoms with E-state index in [1.165, 1.54) is 56.7 Å². The van der Waals surface area contributed by atoms with Crippen molar-refractivity contribution in [2.24, 2.45) is 5.92 Å². The summed E-state index contributed by atoms with van der Waals surface area (Å²) in [5, 5.41) is 3.48. The Morgan fingerprint density at radius 1 is 1.05 bits per heavy atom. The van der Waals surface area contributed by atoms with E-state index < -0.39 is 0 Å². The van der Waals surface area contributed by atoms with Crippen LogP contribution in [0.2, 0.25) is 0 Å². The molecule has 0 spiro atoms. The third-order valence-electron chi connectivity index (χ3n) is 4.95. The van der Waals surface area contributed by atoms with E-state index in [4.69, 9.17) is 0 Å². The molecule has 0 aromatic heterocycles. The fraction of sp³-hybridized carbons (Fsp3) is 0.667. The lowest BCUT2D eigenvalue weighted by atomic mass is 10.0. The number of likely N-dealkylation sites (N-methyl/N-ethyl adjacent to an activating group) is 1. The van der Waals surface area contributed by atoms with Crippen molar-refractivity contribution in [1.82, 2.24) is 15.1 Å². The Morgan fingerprint density at radius 2 is 1.67 bits per heavy atom. The zero-order chi connectivity index (χ0) is 14.7. The van der Waals surface area contributed by atoms with Crippen LogP contribution in [0.5, 0.6) is 0 Å². The van der Waals surface area contributed by atoms with Gasteiger partial charge in [-0.15, -0.1) is 0 Å². The van der Waals surface area contributed by atoms with Crippen LogP contribution in [-0.4, -0.2) is 56.1 Å². The van der Waals surface area contributed by atoms with Crippen LogP contribution in [0.1, 0.15) is 30.0 Å². The van der Waals surface area contributed by atoms with Crippen LogP contribution in [0.4, 0.5) is 0 Å². The number of benzene rings is 1. The highest BCUT2D eigenvalue weighted by Gasteiger charge is 2.26. The molecule has 116 valence electrons. The Morgan fingerprint density at radius 3 is 2.24 bits per heavy atom. The molecule has 2 aliphatic rings. The number of aryl methyl sites for hydroxylation is 1. The maximum absolute atomic E-state index is 3.48. The molecule has 21 heavy (non-hydrogen) atoms. The molecule has 1 N–H and O–H groups in total. The van der Waals surface area contributed by atoms with Crippen molar-refractivity contribution in [3.63, 3.8) is 0 Å². The monoisotopic (exact) mass is 287 g/mol. The molecular weight excluding hydrogens is 258 g/mol. The number of hydrogen-bond donors (Lipinski definition) is 1. The molecule has 1 aliphatic heterocycles. The second-order valence-electron chi connectivity index (χ2n) is 6.80. The van der Waals surface area contributed by atoms with Gasteiger partial charge in [-0.25, -0.2) is 0 Å². The number of nitrogens with one attached hydrogen (secondary N) is 1. The fourth-order valence-electron chi connectivity index (χ4n) is 3.24. The minimum atomic E-state index is 0.445. The van der Waals surface area contributed by atoms with Gasteiger partial charge in [0.1, 0.15) is 0 Å². The van der Waals surface area contributed by atoms with Gasteiger partial charge in [-0.2, -0.15) is 0 Å².